The number of piperazine rings is 1. The third-order valence-corrected chi connectivity index (χ3v) is 6.73. The summed E-state index contributed by atoms with van der Waals surface area (Å²) in [6, 6.07) is 4.67. The standard InChI is InChI=1S/C19H29N5O6S/c25-19(26)22-11-8-21(9-12-22)10-13-23(31(29)30)16-6-7-17(18(14-16)24(27)28)20-15-4-2-1-3-5-15/h6-7,14-15,20,31H,1-5,8-13H2,(H,25,26). The first-order valence-electron chi connectivity index (χ1n) is 10.5. The zero-order valence-electron chi connectivity index (χ0n) is 17.3. The van der Waals surface area contributed by atoms with Crippen molar-refractivity contribution >= 4 is 34.0 Å². The predicted molar refractivity (Wildman–Crippen MR) is 117 cm³/mol. The van der Waals surface area contributed by atoms with Gasteiger partial charge in [-0.15, -0.1) is 0 Å². The quantitative estimate of drug-likeness (QED) is 0.307. The maximum absolute atomic E-state index is 11.9. The van der Waals surface area contributed by atoms with Crippen LogP contribution in [0.15, 0.2) is 18.2 Å². The molecule has 0 unspecified atom stereocenters. The van der Waals surface area contributed by atoms with E-state index in [1.165, 1.54) is 17.4 Å². The Morgan fingerprint density at radius 2 is 1.87 bits per heavy atom. The van der Waals surface area contributed by atoms with Crippen LogP contribution in [0.2, 0.25) is 0 Å². The average Bonchev–Trinajstić information content (AvgIpc) is 2.75. The van der Waals surface area contributed by atoms with E-state index in [0.29, 0.717) is 38.4 Å². The van der Waals surface area contributed by atoms with Crippen LogP contribution in [0.4, 0.5) is 21.9 Å². The topological polar surface area (TPSA) is 136 Å². The molecule has 172 valence electrons. The summed E-state index contributed by atoms with van der Waals surface area (Å²) in [4.78, 5) is 25.5. The van der Waals surface area contributed by atoms with Crippen LogP contribution in [0.3, 0.4) is 0 Å². The number of hydrogen-bond acceptors (Lipinski definition) is 7. The second kappa shape index (κ2) is 10.6. The van der Waals surface area contributed by atoms with Gasteiger partial charge < -0.3 is 15.3 Å². The van der Waals surface area contributed by atoms with Gasteiger partial charge in [0.25, 0.3) is 5.69 Å². The number of anilines is 2. The van der Waals surface area contributed by atoms with Crippen LogP contribution in [0, 0.1) is 10.1 Å². The van der Waals surface area contributed by atoms with Gasteiger partial charge in [0.15, 0.2) is 0 Å². The zero-order valence-corrected chi connectivity index (χ0v) is 18.2. The van der Waals surface area contributed by atoms with Gasteiger partial charge in [0.05, 0.1) is 10.6 Å². The second-order valence-electron chi connectivity index (χ2n) is 7.91. The van der Waals surface area contributed by atoms with Crippen molar-refractivity contribution < 1.29 is 23.2 Å². The molecule has 1 heterocycles. The van der Waals surface area contributed by atoms with E-state index in [4.69, 9.17) is 5.11 Å². The summed E-state index contributed by atoms with van der Waals surface area (Å²) in [5, 5.41) is 23.9. The van der Waals surface area contributed by atoms with E-state index in [1.807, 2.05) is 4.90 Å². The lowest BCUT2D eigenvalue weighted by Crippen LogP contribution is -2.49. The first kappa shape index (κ1) is 23.1. The minimum atomic E-state index is -2.98. The summed E-state index contributed by atoms with van der Waals surface area (Å²) in [6.45, 7) is 2.31. The molecule has 31 heavy (non-hydrogen) atoms. The molecule has 2 fully saturated rings. The summed E-state index contributed by atoms with van der Waals surface area (Å²) in [5.74, 6) is 0. The summed E-state index contributed by atoms with van der Waals surface area (Å²) in [5.41, 5.74) is 0.521. The number of nitro benzene ring substituents is 1. The van der Waals surface area contributed by atoms with Gasteiger partial charge in [-0.2, -0.15) is 0 Å². The van der Waals surface area contributed by atoms with Crippen LogP contribution in [0.25, 0.3) is 0 Å². The molecule has 3 rings (SSSR count). The first-order chi connectivity index (χ1) is 14.8. The molecule has 1 aromatic rings. The van der Waals surface area contributed by atoms with Gasteiger partial charge in [-0.25, -0.2) is 13.2 Å². The molecule has 1 saturated carbocycles. The minimum absolute atomic E-state index is 0.137. The zero-order chi connectivity index (χ0) is 22.4. The molecule has 0 atom stereocenters. The molecule has 12 heteroatoms. The normalized spacial score (nSPS) is 18.2. The molecule has 0 spiro atoms. The van der Waals surface area contributed by atoms with Crippen molar-refractivity contribution in [3.8, 4) is 0 Å². The molecule has 1 aliphatic carbocycles. The van der Waals surface area contributed by atoms with Crippen LogP contribution in [0.5, 0.6) is 0 Å². The highest BCUT2D eigenvalue weighted by Crippen LogP contribution is 2.32. The van der Waals surface area contributed by atoms with E-state index in [2.05, 4.69) is 5.32 Å². The van der Waals surface area contributed by atoms with Crippen molar-refractivity contribution in [1.82, 2.24) is 9.80 Å². The Kier molecular flexibility index (Phi) is 7.91. The first-order valence-corrected chi connectivity index (χ1v) is 11.6. The Balaban J connectivity index is 1.68. The lowest BCUT2D eigenvalue weighted by molar-refractivity contribution is -0.383. The number of carboxylic acid groups (broad SMARTS) is 1. The van der Waals surface area contributed by atoms with E-state index in [0.717, 1.165) is 30.0 Å². The Bertz CT molecular complexity index is 857. The van der Waals surface area contributed by atoms with Crippen LogP contribution in [0.1, 0.15) is 32.1 Å². The maximum atomic E-state index is 11.9. The van der Waals surface area contributed by atoms with Gasteiger partial charge in [-0.1, -0.05) is 19.3 Å². The number of benzene rings is 1. The number of carbonyl (C=O) groups is 1. The Morgan fingerprint density at radius 1 is 1.19 bits per heavy atom. The number of amides is 1. The monoisotopic (exact) mass is 455 g/mol. The highest BCUT2D eigenvalue weighted by molar-refractivity contribution is 7.74. The fourth-order valence-electron chi connectivity index (χ4n) is 4.12. The number of thiol groups is 1. The van der Waals surface area contributed by atoms with Crippen molar-refractivity contribution in [2.75, 3.05) is 48.9 Å². The summed E-state index contributed by atoms with van der Waals surface area (Å²) >= 11 is 0. The molecular weight excluding hydrogens is 426 g/mol. The van der Waals surface area contributed by atoms with Crippen LogP contribution >= 0.6 is 0 Å². The Morgan fingerprint density at radius 3 is 2.45 bits per heavy atom. The van der Waals surface area contributed by atoms with Crippen molar-refractivity contribution in [1.29, 1.82) is 0 Å². The van der Waals surface area contributed by atoms with E-state index in [9.17, 15) is 23.3 Å². The van der Waals surface area contributed by atoms with Gasteiger partial charge in [0, 0.05) is 51.4 Å². The highest BCUT2D eigenvalue weighted by Gasteiger charge is 2.24. The highest BCUT2D eigenvalue weighted by atomic mass is 32.2. The van der Waals surface area contributed by atoms with Crippen molar-refractivity contribution in [3.63, 3.8) is 0 Å². The SMILES string of the molecule is O=C(O)N1CCN(CCN(c2ccc(NC3CCCCC3)c([N+](=O)[O-])c2)[SH](=O)=O)CC1. The predicted octanol–water partition coefficient (Wildman–Crippen LogP) is 1.97. The van der Waals surface area contributed by atoms with Crippen LogP contribution in [-0.4, -0.2) is 79.7 Å². The molecule has 11 nitrogen and oxygen atoms in total. The van der Waals surface area contributed by atoms with Gasteiger partial charge >= 0.3 is 6.09 Å². The van der Waals surface area contributed by atoms with E-state index in [1.54, 1.807) is 12.1 Å². The summed E-state index contributed by atoms with van der Waals surface area (Å²) < 4.78 is 24.9. The number of hydrogen-bond donors (Lipinski definition) is 3. The minimum Gasteiger partial charge on any atom is -0.465 e. The lowest BCUT2D eigenvalue weighted by atomic mass is 9.95. The van der Waals surface area contributed by atoms with Crippen LogP contribution < -0.4 is 9.62 Å². The molecule has 0 radical (unpaired) electrons. The number of rotatable bonds is 8. The number of nitrogens with zero attached hydrogens (tertiary/aromatic N) is 4. The third kappa shape index (κ3) is 6.20. The largest absolute Gasteiger partial charge is 0.465 e. The molecule has 0 bridgehead atoms. The van der Waals surface area contributed by atoms with E-state index >= 15 is 0 Å². The molecular formula is C19H29N5O6S. The Hall–Kier alpha value is -2.60. The van der Waals surface area contributed by atoms with Gasteiger partial charge in [-0.3, -0.25) is 19.3 Å². The smallest absolute Gasteiger partial charge is 0.407 e. The fourth-order valence-corrected chi connectivity index (χ4v) is 4.69. The molecule has 1 aliphatic heterocycles. The van der Waals surface area contributed by atoms with Crippen LogP contribution in [-0.2, 0) is 10.9 Å². The van der Waals surface area contributed by atoms with E-state index < -0.39 is 21.9 Å². The van der Waals surface area contributed by atoms with Gasteiger partial charge in [0.1, 0.15) is 5.69 Å². The third-order valence-electron chi connectivity index (χ3n) is 5.91. The van der Waals surface area contributed by atoms with E-state index in [-0.39, 0.29) is 24.0 Å². The maximum Gasteiger partial charge on any atom is 0.407 e. The molecule has 0 aromatic heterocycles. The molecule has 1 saturated heterocycles. The molecule has 2 N–H and O–H groups in total. The van der Waals surface area contributed by atoms with Crippen molar-refractivity contribution in [2.45, 2.75) is 38.1 Å². The molecule has 2 aliphatic rings. The lowest BCUT2D eigenvalue weighted by Gasteiger charge is -2.33. The summed E-state index contributed by atoms with van der Waals surface area (Å²) in [7, 11) is -2.98. The average molecular weight is 456 g/mol. The summed E-state index contributed by atoms with van der Waals surface area (Å²) in [6.07, 6.45) is 4.33. The molecule has 1 amide bonds. The second-order valence-corrected chi connectivity index (χ2v) is 8.87. The number of nitro groups is 1. The Labute approximate surface area is 182 Å². The van der Waals surface area contributed by atoms with Gasteiger partial charge in [-0.05, 0) is 25.0 Å². The fraction of sp³-hybridized carbons (Fsp3) is 0.632. The molecule has 1 aromatic carbocycles. The van der Waals surface area contributed by atoms with Gasteiger partial charge in [0.2, 0.25) is 10.9 Å². The number of nitrogens with one attached hydrogen (secondary N) is 1. The van der Waals surface area contributed by atoms with Crippen molar-refractivity contribution in [2.24, 2.45) is 0 Å². The van der Waals surface area contributed by atoms with Crippen molar-refractivity contribution in [3.05, 3.63) is 28.3 Å².